The Morgan fingerprint density at radius 1 is 1.04 bits per heavy atom. The van der Waals surface area contributed by atoms with E-state index in [1.165, 1.54) is 11.1 Å². The van der Waals surface area contributed by atoms with E-state index in [4.69, 9.17) is 4.43 Å². The summed E-state index contributed by atoms with van der Waals surface area (Å²) in [6.07, 6.45) is 3.00. The van der Waals surface area contributed by atoms with Crippen molar-refractivity contribution >= 4 is 13.9 Å². The van der Waals surface area contributed by atoms with Gasteiger partial charge in [0.25, 0.3) is 0 Å². The molecule has 1 unspecified atom stereocenters. The van der Waals surface area contributed by atoms with Crippen LogP contribution in [0.4, 0.5) is 0 Å². The molecule has 0 spiro atoms. The fraction of sp³-hybridized carbons (Fsp3) is 0.619. The molecular formula is C21H34O2Si. The molecule has 0 bridgehead atoms. The molecule has 2 nitrogen and oxygen atoms in total. The Hall–Kier alpha value is -0.903. The van der Waals surface area contributed by atoms with Crippen LogP contribution in [-0.4, -0.2) is 25.6 Å². The minimum Gasteiger partial charge on any atom is -0.413 e. The van der Waals surface area contributed by atoms with Crippen molar-refractivity contribution in [1.29, 1.82) is 0 Å². The maximum Gasteiger partial charge on any atom is 0.192 e. The molecule has 0 aliphatic heterocycles. The number of hydrogen-bond acceptors (Lipinski definition) is 2. The third-order valence-electron chi connectivity index (χ3n) is 6.14. The molecule has 0 heterocycles. The van der Waals surface area contributed by atoms with E-state index in [2.05, 4.69) is 65.0 Å². The molecule has 1 N–H and O–H groups in total. The van der Waals surface area contributed by atoms with Crippen LogP contribution in [0.3, 0.4) is 0 Å². The quantitative estimate of drug-likeness (QED) is 0.689. The lowest BCUT2D eigenvalue weighted by Gasteiger charge is -2.37. The van der Waals surface area contributed by atoms with Gasteiger partial charge in [0.2, 0.25) is 0 Å². The Labute approximate surface area is 149 Å². The zero-order valence-corrected chi connectivity index (χ0v) is 17.0. The Morgan fingerprint density at radius 3 is 2.17 bits per heavy atom. The zero-order valence-electron chi connectivity index (χ0n) is 16.0. The van der Waals surface area contributed by atoms with Crippen LogP contribution in [0.15, 0.2) is 36.4 Å². The molecule has 1 aromatic rings. The minimum absolute atomic E-state index is 0.134. The standard InChI is InChI=1S/C21H34O2Si/c1-6-24(7-2,8-3)23-20-15-14-19(16(4)21(22)17(20)5)18-12-10-9-11-13-18/h9-14,16-17,20-22H,6-8,15H2,1-5H3/t16-,17+,20?,21-/m0/s1. The van der Waals surface area contributed by atoms with E-state index in [1.54, 1.807) is 0 Å². The van der Waals surface area contributed by atoms with Crippen molar-refractivity contribution in [2.75, 3.05) is 0 Å². The Morgan fingerprint density at radius 2 is 1.62 bits per heavy atom. The van der Waals surface area contributed by atoms with Gasteiger partial charge in [-0.05, 0) is 35.7 Å². The van der Waals surface area contributed by atoms with Crippen molar-refractivity contribution in [2.24, 2.45) is 11.8 Å². The predicted molar refractivity (Wildman–Crippen MR) is 105 cm³/mol. The van der Waals surface area contributed by atoms with Crippen LogP contribution in [0.1, 0.15) is 46.6 Å². The van der Waals surface area contributed by atoms with Crippen LogP contribution in [0, 0.1) is 11.8 Å². The lowest BCUT2D eigenvalue weighted by Crippen LogP contribution is -2.44. The number of rotatable bonds is 6. The van der Waals surface area contributed by atoms with Crippen LogP contribution >= 0.6 is 0 Å². The molecule has 1 aliphatic carbocycles. The van der Waals surface area contributed by atoms with Gasteiger partial charge in [-0.15, -0.1) is 0 Å². The average molecular weight is 347 g/mol. The second kappa shape index (κ2) is 8.46. The summed E-state index contributed by atoms with van der Waals surface area (Å²) in [6, 6.07) is 13.9. The predicted octanol–water partition coefficient (Wildman–Crippen LogP) is 5.50. The molecule has 1 aromatic carbocycles. The van der Waals surface area contributed by atoms with Crippen molar-refractivity contribution < 1.29 is 9.53 Å². The number of aliphatic hydroxyl groups excluding tert-OH is 1. The van der Waals surface area contributed by atoms with E-state index in [9.17, 15) is 5.11 Å². The summed E-state index contributed by atoms with van der Waals surface area (Å²) in [7, 11) is -1.66. The highest BCUT2D eigenvalue weighted by atomic mass is 28.4. The van der Waals surface area contributed by atoms with E-state index in [0.717, 1.165) is 24.6 Å². The van der Waals surface area contributed by atoms with E-state index in [1.807, 2.05) is 6.07 Å². The van der Waals surface area contributed by atoms with Gasteiger partial charge in [0.1, 0.15) is 0 Å². The van der Waals surface area contributed by atoms with Gasteiger partial charge >= 0.3 is 0 Å². The third-order valence-corrected chi connectivity index (χ3v) is 10.8. The molecule has 0 saturated carbocycles. The van der Waals surface area contributed by atoms with Gasteiger partial charge in [-0.25, -0.2) is 0 Å². The molecule has 2 rings (SSSR count). The Kier molecular flexibility index (Phi) is 6.85. The lowest BCUT2D eigenvalue weighted by molar-refractivity contribution is 0.0181. The van der Waals surface area contributed by atoms with Crippen molar-refractivity contribution in [3.8, 4) is 0 Å². The average Bonchev–Trinajstić information content (AvgIpc) is 2.73. The third kappa shape index (κ3) is 4.01. The highest BCUT2D eigenvalue weighted by Crippen LogP contribution is 2.37. The Bertz CT molecular complexity index is 528. The summed E-state index contributed by atoms with van der Waals surface area (Å²) in [5.41, 5.74) is 2.49. The molecule has 0 radical (unpaired) electrons. The fourth-order valence-electron chi connectivity index (χ4n) is 3.99. The van der Waals surface area contributed by atoms with Crippen molar-refractivity contribution in [1.82, 2.24) is 0 Å². The van der Waals surface area contributed by atoms with Crippen LogP contribution < -0.4 is 0 Å². The number of hydrogen-bond donors (Lipinski definition) is 1. The fourth-order valence-corrected chi connectivity index (χ4v) is 6.94. The topological polar surface area (TPSA) is 29.5 Å². The smallest absolute Gasteiger partial charge is 0.192 e. The molecule has 0 aromatic heterocycles. The van der Waals surface area contributed by atoms with Gasteiger partial charge < -0.3 is 9.53 Å². The first-order chi connectivity index (χ1) is 11.5. The number of aliphatic hydroxyl groups is 1. The monoisotopic (exact) mass is 346 g/mol. The first kappa shape index (κ1) is 19.4. The van der Waals surface area contributed by atoms with Gasteiger partial charge in [-0.3, -0.25) is 0 Å². The summed E-state index contributed by atoms with van der Waals surface area (Å²) in [5.74, 6) is 0.297. The van der Waals surface area contributed by atoms with Gasteiger partial charge in [0.15, 0.2) is 8.32 Å². The summed E-state index contributed by atoms with van der Waals surface area (Å²) in [6.45, 7) is 11.1. The largest absolute Gasteiger partial charge is 0.413 e. The van der Waals surface area contributed by atoms with E-state index < -0.39 is 8.32 Å². The van der Waals surface area contributed by atoms with E-state index in [0.29, 0.717) is 0 Å². The van der Waals surface area contributed by atoms with Crippen LogP contribution in [-0.2, 0) is 4.43 Å². The highest BCUT2D eigenvalue weighted by Gasteiger charge is 2.38. The summed E-state index contributed by atoms with van der Waals surface area (Å²) >= 11 is 0. The van der Waals surface area contributed by atoms with E-state index in [-0.39, 0.29) is 24.0 Å². The van der Waals surface area contributed by atoms with Gasteiger partial charge in [0, 0.05) is 11.8 Å². The summed E-state index contributed by atoms with van der Waals surface area (Å²) < 4.78 is 6.76. The second-order valence-corrected chi connectivity index (χ2v) is 12.0. The lowest BCUT2D eigenvalue weighted by atomic mass is 9.85. The maximum atomic E-state index is 10.9. The first-order valence-corrected chi connectivity index (χ1v) is 12.1. The molecule has 1 aliphatic rings. The molecular weight excluding hydrogens is 312 g/mol. The number of benzene rings is 1. The molecule has 4 atom stereocenters. The molecule has 3 heteroatoms. The normalized spacial score (nSPS) is 28.3. The van der Waals surface area contributed by atoms with Gasteiger partial charge in [0.05, 0.1) is 12.2 Å². The maximum absolute atomic E-state index is 10.9. The SMILES string of the molecule is CC[Si](CC)(CC)OC1CC=C(c2ccccc2)[C@H](C)[C@H](O)[C@@H]1C. The highest BCUT2D eigenvalue weighted by molar-refractivity contribution is 6.73. The van der Waals surface area contributed by atoms with E-state index >= 15 is 0 Å². The van der Waals surface area contributed by atoms with Crippen LogP contribution in [0.5, 0.6) is 0 Å². The zero-order chi connectivity index (χ0) is 17.7. The van der Waals surface area contributed by atoms with Crippen LogP contribution in [0.25, 0.3) is 5.57 Å². The van der Waals surface area contributed by atoms with Crippen molar-refractivity contribution in [2.45, 2.75) is 71.4 Å². The summed E-state index contributed by atoms with van der Waals surface area (Å²) in [5, 5.41) is 10.9. The molecule has 134 valence electrons. The summed E-state index contributed by atoms with van der Waals surface area (Å²) in [4.78, 5) is 0. The van der Waals surface area contributed by atoms with Crippen LogP contribution in [0.2, 0.25) is 18.1 Å². The van der Waals surface area contributed by atoms with Gasteiger partial charge in [-0.1, -0.05) is 71.0 Å². The first-order valence-electron chi connectivity index (χ1n) is 9.59. The van der Waals surface area contributed by atoms with Crippen molar-refractivity contribution in [3.63, 3.8) is 0 Å². The van der Waals surface area contributed by atoms with Crippen molar-refractivity contribution in [3.05, 3.63) is 42.0 Å². The molecule has 24 heavy (non-hydrogen) atoms. The minimum atomic E-state index is -1.66. The Balaban J connectivity index is 2.28. The second-order valence-electron chi connectivity index (χ2n) is 7.30. The molecule has 0 saturated heterocycles. The molecule has 0 amide bonds. The molecule has 0 fully saturated rings. The van der Waals surface area contributed by atoms with Gasteiger partial charge in [-0.2, -0.15) is 0 Å².